The number of benzene rings is 1. The van der Waals surface area contributed by atoms with Gasteiger partial charge in [0.15, 0.2) is 0 Å². The van der Waals surface area contributed by atoms with Crippen LogP contribution < -0.4 is 16.4 Å². The van der Waals surface area contributed by atoms with Crippen LogP contribution in [0.2, 0.25) is 0 Å². The predicted molar refractivity (Wildman–Crippen MR) is 80.4 cm³/mol. The van der Waals surface area contributed by atoms with Crippen molar-refractivity contribution in [1.82, 2.24) is 5.32 Å². The van der Waals surface area contributed by atoms with Gasteiger partial charge in [-0.1, -0.05) is 0 Å². The molecule has 1 aromatic rings. The van der Waals surface area contributed by atoms with E-state index in [0.717, 1.165) is 0 Å². The van der Waals surface area contributed by atoms with E-state index in [1.54, 1.807) is 5.32 Å². The molecule has 2 amide bonds. The first-order chi connectivity index (χ1) is 11.2. The molecule has 1 heterocycles. The molecule has 4 N–H and O–H groups in total. The molecule has 6 nitrogen and oxygen atoms in total. The third kappa shape index (κ3) is 4.93. The highest BCUT2D eigenvalue weighted by Gasteiger charge is 2.35. The Morgan fingerprint density at radius 3 is 2.29 bits per heavy atom. The first-order valence-corrected chi connectivity index (χ1v) is 7.33. The maximum atomic E-state index is 12.2. The second-order valence-corrected chi connectivity index (χ2v) is 5.60. The van der Waals surface area contributed by atoms with Crippen LogP contribution in [0, 0.1) is 0 Å². The van der Waals surface area contributed by atoms with Crippen molar-refractivity contribution >= 4 is 17.5 Å². The molecule has 9 heteroatoms. The van der Waals surface area contributed by atoms with Crippen LogP contribution >= 0.6 is 0 Å². The first-order valence-electron chi connectivity index (χ1n) is 7.33. The van der Waals surface area contributed by atoms with Gasteiger partial charge in [0.05, 0.1) is 0 Å². The van der Waals surface area contributed by atoms with E-state index in [9.17, 15) is 22.8 Å². The SMILES string of the molecule is NC1(C(=O)Nc2ccc(C(=O)NCC(F)(F)F)cc2)CCOCC1. The Bertz CT molecular complexity index is 596. The molecule has 2 rings (SSSR count). The Hall–Kier alpha value is -2.13. The zero-order valence-electron chi connectivity index (χ0n) is 12.8. The summed E-state index contributed by atoms with van der Waals surface area (Å²) >= 11 is 0. The minimum Gasteiger partial charge on any atom is -0.381 e. The molecule has 0 aromatic heterocycles. The molecule has 1 fully saturated rings. The van der Waals surface area contributed by atoms with E-state index >= 15 is 0 Å². The fraction of sp³-hybridized carbons (Fsp3) is 0.467. The summed E-state index contributed by atoms with van der Waals surface area (Å²) in [5.74, 6) is -1.20. The van der Waals surface area contributed by atoms with Crippen LogP contribution in [0.25, 0.3) is 0 Å². The Morgan fingerprint density at radius 2 is 1.75 bits per heavy atom. The summed E-state index contributed by atoms with van der Waals surface area (Å²) in [6.07, 6.45) is -3.67. The van der Waals surface area contributed by atoms with Crippen molar-refractivity contribution < 1.29 is 27.5 Å². The Balaban J connectivity index is 1.94. The van der Waals surface area contributed by atoms with Crippen LogP contribution in [0.3, 0.4) is 0 Å². The van der Waals surface area contributed by atoms with Gasteiger partial charge in [-0.05, 0) is 37.1 Å². The summed E-state index contributed by atoms with van der Waals surface area (Å²) in [6, 6.07) is 5.52. The van der Waals surface area contributed by atoms with Gasteiger partial charge in [-0.15, -0.1) is 0 Å². The predicted octanol–water partition coefficient (Wildman–Crippen LogP) is 1.43. The molecule has 0 bridgehead atoms. The molecule has 0 atom stereocenters. The summed E-state index contributed by atoms with van der Waals surface area (Å²) < 4.78 is 41.4. The average molecular weight is 345 g/mol. The standard InChI is InChI=1S/C15H18F3N3O3/c16-15(17,18)9-20-12(22)10-1-3-11(4-2-10)21-13(23)14(19)5-7-24-8-6-14/h1-4H,5-9,19H2,(H,20,22)(H,21,23). The van der Waals surface area contributed by atoms with E-state index in [2.05, 4.69) is 5.32 Å². The van der Waals surface area contributed by atoms with Crippen molar-refractivity contribution in [1.29, 1.82) is 0 Å². The van der Waals surface area contributed by atoms with Crippen molar-refractivity contribution in [2.24, 2.45) is 5.73 Å². The van der Waals surface area contributed by atoms with Crippen molar-refractivity contribution in [2.75, 3.05) is 25.1 Å². The highest BCUT2D eigenvalue weighted by atomic mass is 19.4. The minimum atomic E-state index is -4.47. The second-order valence-electron chi connectivity index (χ2n) is 5.60. The topological polar surface area (TPSA) is 93.5 Å². The maximum absolute atomic E-state index is 12.2. The number of hydrogen-bond donors (Lipinski definition) is 3. The molecule has 0 radical (unpaired) electrons. The molecule has 1 aromatic carbocycles. The highest BCUT2D eigenvalue weighted by Crippen LogP contribution is 2.20. The molecular weight excluding hydrogens is 327 g/mol. The molecule has 1 saturated heterocycles. The van der Waals surface area contributed by atoms with Gasteiger partial charge < -0.3 is 21.1 Å². The second kappa shape index (κ2) is 7.18. The fourth-order valence-corrected chi connectivity index (χ4v) is 2.21. The number of amides is 2. The van der Waals surface area contributed by atoms with E-state index in [-0.39, 0.29) is 11.5 Å². The van der Waals surface area contributed by atoms with Crippen LogP contribution in [0.5, 0.6) is 0 Å². The lowest BCUT2D eigenvalue weighted by Crippen LogP contribution is -2.54. The first kappa shape index (κ1) is 18.2. The van der Waals surface area contributed by atoms with Crippen LogP contribution in [0.1, 0.15) is 23.2 Å². The zero-order valence-corrected chi connectivity index (χ0v) is 12.8. The van der Waals surface area contributed by atoms with Gasteiger partial charge in [-0.2, -0.15) is 13.2 Å². The van der Waals surface area contributed by atoms with Crippen molar-refractivity contribution in [3.8, 4) is 0 Å². The number of carbonyl (C=O) groups is 2. The molecular formula is C15H18F3N3O3. The van der Waals surface area contributed by atoms with Gasteiger partial charge in [0.2, 0.25) is 5.91 Å². The van der Waals surface area contributed by atoms with E-state index in [1.165, 1.54) is 24.3 Å². The third-order valence-electron chi connectivity index (χ3n) is 3.69. The number of nitrogens with two attached hydrogens (primary N) is 1. The molecule has 1 aliphatic heterocycles. The largest absolute Gasteiger partial charge is 0.405 e. The van der Waals surface area contributed by atoms with Crippen molar-refractivity contribution in [3.05, 3.63) is 29.8 Å². The Morgan fingerprint density at radius 1 is 1.17 bits per heavy atom. The highest BCUT2D eigenvalue weighted by molar-refractivity contribution is 5.99. The van der Waals surface area contributed by atoms with Crippen LogP contribution in [-0.4, -0.2) is 43.3 Å². The summed E-state index contributed by atoms with van der Waals surface area (Å²) in [5, 5.41) is 4.42. The van der Waals surface area contributed by atoms with Crippen LogP contribution in [0.4, 0.5) is 18.9 Å². The van der Waals surface area contributed by atoms with Gasteiger partial charge in [-0.3, -0.25) is 9.59 Å². The van der Waals surface area contributed by atoms with Gasteiger partial charge in [0, 0.05) is 24.5 Å². The molecule has 0 aliphatic carbocycles. The van der Waals surface area contributed by atoms with E-state index in [0.29, 0.717) is 31.7 Å². The quantitative estimate of drug-likeness (QED) is 0.769. The number of halogens is 3. The van der Waals surface area contributed by atoms with Gasteiger partial charge in [0.1, 0.15) is 12.1 Å². The summed E-state index contributed by atoms with van der Waals surface area (Å²) in [5.41, 5.74) is 5.50. The number of nitrogens with one attached hydrogen (secondary N) is 2. The normalized spacial score (nSPS) is 17.2. The Kier molecular flexibility index (Phi) is 5.45. The lowest BCUT2D eigenvalue weighted by atomic mass is 9.90. The van der Waals surface area contributed by atoms with Gasteiger partial charge >= 0.3 is 6.18 Å². The van der Waals surface area contributed by atoms with Crippen molar-refractivity contribution in [2.45, 2.75) is 24.6 Å². The number of rotatable bonds is 4. The summed E-state index contributed by atoms with van der Waals surface area (Å²) in [4.78, 5) is 23.8. The molecule has 24 heavy (non-hydrogen) atoms. The number of hydrogen-bond acceptors (Lipinski definition) is 4. The van der Waals surface area contributed by atoms with E-state index in [1.807, 2.05) is 0 Å². The molecule has 0 unspecified atom stereocenters. The molecule has 132 valence electrons. The monoisotopic (exact) mass is 345 g/mol. The van der Waals surface area contributed by atoms with Crippen LogP contribution in [0.15, 0.2) is 24.3 Å². The van der Waals surface area contributed by atoms with Gasteiger partial charge in [0.25, 0.3) is 5.91 Å². The number of anilines is 1. The zero-order chi connectivity index (χ0) is 17.8. The van der Waals surface area contributed by atoms with E-state index < -0.39 is 24.2 Å². The maximum Gasteiger partial charge on any atom is 0.405 e. The van der Waals surface area contributed by atoms with Crippen LogP contribution in [-0.2, 0) is 9.53 Å². The number of alkyl halides is 3. The average Bonchev–Trinajstić information content (AvgIpc) is 2.53. The molecule has 1 aliphatic rings. The molecule has 0 spiro atoms. The number of carbonyl (C=O) groups excluding carboxylic acids is 2. The smallest absolute Gasteiger partial charge is 0.381 e. The fourth-order valence-electron chi connectivity index (χ4n) is 2.21. The van der Waals surface area contributed by atoms with Crippen molar-refractivity contribution in [3.63, 3.8) is 0 Å². The Labute approximate surface area is 136 Å². The lowest BCUT2D eigenvalue weighted by Gasteiger charge is -2.31. The number of ether oxygens (including phenoxy) is 1. The lowest BCUT2D eigenvalue weighted by molar-refractivity contribution is -0.124. The minimum absolute atomic E-state index is 0.0609. The summed E-state index contributed by atoms with van der Waals surface area (Å²) in [7, 11) is 0. The summed E-state index contributed by atoms with van der Waals surface area (Å²) in [6.45, 7) is -0.591. The third-order valence-corrected chi connectivity index (χ3v) is 3.69. The van der Waals surface area contributed by atoms with E-state index in [4.69, 9.17) is 10.5 Å². The van der Waals surface area contributed by atoms with Gasteiger partial charge in [-0.25, -0.2) is 0 Å². The molecule has 0 saturated carbocycles.